The standard InChI is InChI=1S/C21H24BrClN6O4S/c1-4-33-13-8-29(6-5-11(13)7-12(30)16-15(23)14(22)10(2)26-16)21-27-17(18(34-21)20(31)32)19-24-9-25-28(19)3/h9,11,13,26H,4-8H2,1-3H3,(H,31,32)/t11-,13-/m0/s1. The maximum Gasteiger partial charge on any atom is 0.348 e. The van der Waals surface area contributed by atoms with Crippen molar-refractivity contribution >= 4 is 55.8 Å². The van der Waals surface area contributed by atoms with Crippen LogP contribution >= 0.6 is 38.9 Å². The number of ether oxygens (including phenoxy) is 1. The number of hydrogen-bond donors (Lipinski definition) is 2. The Hall–Kier alpha value is -2.28. The van der Waals surface area contributed by atoms with E-state index in [4.69, 9.17) is 16.3 Å². The number of carbonyl (C=O) groups excluding carboxylic acids is 1. The molecule has 0 radical (unpaired) electrons. The molecule has 1 aliphatic rings. The van der Waals surface area contributed by atoms with Crippen molar-refractivity contribution in [2.75, 3.05) is 24.6 Å². The van der Waals surface area contributed by atoms with Gasteiger partial charge in [-0.3, -0.25) is 4.79 Å². The third-order valence-electron chi connectivity index (χ3n) is 5.86. The number of hydrogen-bond acceptors (Lipinski definition) is 8. The second kappa shape index (κ2) is 10.1. The highest BCUT2D eigenvalue weighted by Gasteiger charge is 2.35. The van der Waals surface area contributed by atoms with Crippen molar-refractivity contribution in [2.45, 2.75) is 32.8 Å². The third kappa shape index (κ3) is 4.77. The summed E-state index contributed by atoms with van der Waals surface area (Å²) in [5.41, 5.74) is 1.50. The summed E-state index contributed by atoms with van der Waals surface area (Å²) in [5.74, 6) is -0.730. The van der Waals surface area contributed by atoms with Gasteiger partial charge in [0.25, 0.3) is 0 Å². The predicted molar refractivity (Wildman–Crippen MR) is 132 cm³/mol. The zero-order valence-corrected chi connectivity index (χ0v) is 22.0. The molecule has 3 aromatic heterocycles. The number of halogens is 2. The number of Topliss-reactive ketones (excluding diaryl/α,β-unsaturated/α-hetero) is 1. The number of H-pyrrole nitrogens is 1. The van der Waals surface area contributed by atoms with E-state index in [0.29, 0.717) is 64.4 Å². The van der Waals surface area contributed by atoms with Crippen molar-refractivity contribution in [1.29, 1.82) is 0 Å². The zero-order chi connectivity index (χ0) is 24.6. The van der Waals surface area contributed by atoms with Crippen molar-refractivity contribution in [3.05, 3.63) is 32.1 Å². The van der Waals surface area contributed by atoms with Crippen molar-refractivity contribution < 1.29 is 19.4 Å². The fourth-order valence-corrected chi connectivity index (χ4v) is 5.66. The summed E-state index contributed by atoms with van der Waals surface area (Å²) >= 11 is 10.8. The van der Waals surface area contributed by atoms with Crippen molar-refractivity contribution in [1.82, 2.24) is 24.7 Å². The first-order chi connectivity index (χ1) is 16.2. The first kappa shape index (κ1) is 24.8. The van der Waals surface area contributed by atoms with E-state index in [1.807, 2.05) is 18.7 Å². The molecule has 1 fully saturated rings. The largest absolute Gasteiger partial charge is 0.477 e. The van der Waals surface area contributed by atoms with Crippen LogP contribution in [0.5, 0.6) is 0 Å². The number of aryl methyl sites for hydroxylation is 2. The normalized spacial score (nSPS) is 18.4. The Balaban J connectivity index is 1.54. The fraction of sp³-hybridized carbons (Fsp3) is 0.476. The van der Waals surface area contributed by atoms with Crippen molar-refractivity contribution in [3.8, 4) is 11.5 Å². The lowest BCUT2D eigenvalue weighted by Gasteiger charge is -2.38. The maximum absolute atomic E-state index is 13.0. The number of carbonyl (C=O) groups is 2. The number of aromatic amines is 1. The molecule has 0 aliphatic carbocycles. The van der Waals surface area contributed by atoms with Gasteiger partial charge < -0.3 is 19.7 Å². The van der Waals surface area contributed by atoms with E-state index in [1.165, 1.54) is 11.0 Å². The molecule has 13 heteroatoms. The second-order valence-corrected chi connectivity index (χ2v) is 10.2. The molecule has 0 spiro atoms. The van der Waals surface area contributed by atoms with E-state index in [0.717, 1.165) is 17.0 Å². The van der Waals surface area contributed by atoms with Crippen LogP contribution < -0.4 is 4.90 Å². The average Bonchev–Trinajstić information content (AvgIpc) is 3.49. The van der Waals surface area contributed by atoms with Crippen LogP contribution in [0.4, 0.5) is 5.13 Å². The Morgan fingerprint density at radius 3 is 2.79 bits per heavy atom. The first-order valence-electron chi connectivity index (χ1n) is 10.7. The Kier molecular flexibility index (Phi) is 7.41. The molecule has 4 heterocycles. The van der Waals surface area contributed by atoms with Crippen LogP contribution in [0.1, 0.15) is 45.6 Å². The molecule has 3 aromatic rings. The summed E-state index contributed by atoms with van der Waals surface area (Å²) in [4.78, 5) is 38.8. The molecule has 2 atom stereocenters. The summed E-state index contributed by atoms with van der Waals surface area (Å²) in [6.45, 7) is 5.38. The second-order valence-electron chi connectivity index (χ2n) is 8.06. The van der Waals surface area contributed by atoms with Crippen LogP contribution in [0, 0.1) is 12.8 Å². The van der Waals surface area contributed by atoms with Crippen LogP contribution in [-0.2, 0) is 11.8 Å². The lowest BCUT2D eigenvalue weighted by molar-refractivity contribution is 0.0103. The van der Waals surface area contributed by atoms with Crippen molar-refractivity contribution in [2.24, 2.45) is 13.0 Å². The highest BCUT2D eigenvalue weighted by atomic mass is 79.9. The molecule has 0 bridgehead atoms. The lowest BCUT2D eigenvalue weighted by Crippen LogP contribution is -2.46. The van der Waals surface area contributed by atoms with Gasteiger partial charge in [-0.15, -0.1) is 0 Å². The quantitative estimate of drug-likeness (QED) is 0.386. The van der Waals surface area contributed by atoms with Crippen LogP contribution in [0.3, 0.4) is 0 Å². The van der Waals surface area contributed by atoms with Gasteiger partial charge in [0.15, 0.2) is 16.7 Å². The first-order valence-corrected chi connectivity index (χ1v) is 12.7. The Bertz CT molecular complexity index is 1220. The number of carboxylic acids is 1. The van der Waals surface area contributed by atoms with Crippen LogP contribution in [0.25, 0.3) is 11.5 Å². The van der Waals surface area contributed by atoms with Gasteiger partial charge in [-0.1, -0.05) is 22.9 Å². The van der Waals surface area contributed by atoms with Gasteiger partial charge in [0.1, 0.15) is 22.6 Å². The summed E-state index contributed by atoms with van der Waals surface area (Å²) in [6.07, 6.45) is 2.14. The van der Waals surface area contributed by atoms with Gasteiger partial charge in [-0.2, -0.15) is 5.10 Å². The highest BCUT2D eigenvalue weighted by Crippen LogP contribution is 2.36. The molecule has 34 heavy (non-hydrogen) atoms. The van der Waals surface area contributed by atoms with E-state index in [-0.39, 0.29) is 22.7 Å². The van der Waals surface area contributed by atoms with E-state index in [9.17, 15) is 14.7 Å². The summed E-state index contributed by atoms with van der Waals surface area (Å²) in [6, 6.07) is 0. The summed E-state index contributed by atoms with van der Waals surface area (Å²) in [7, 11) is 1.69. The van der Waals surface area contributed by atoms with Gasteiger partial charge in [0, 0.05) is 38.9 Å². The molecule has 4 rings (SSSR count). The molecule has 0 saturated carbocycles. The van der Waals surface area contributed by atoms with Gasteiger partial charge in [-0.25, -0.2) is 19.4 Å². The van der Waals surface area contributed by atoms with Gasteiger partial charge in [-0.05, 0) is 42.1 Å². The SMILES string of the molecule is CCO[C@H]1CN(c2nc(-c3ncnn3C)c(C(=O)O)s2)CC[C@H]1CC(=O)c1[nH]c(C)c(Br)c1Cl. The smallest absolute Gasteiger partial charge is 0.348 e. The molecule has 182 valence electrons. The van der Waals surface area contributed by atoms with Crippen molar-refractivity contribution in [3.63, 3.8) is 0 Å². The minimum Gasteiger partial charge on any atom is -0.477 e. The Morgan fingerprint density at radius 1 is 1.44 bits per heavy atom. The van der Waals surface area contributed by atoms with Gasteiger partial charge in [0.2, 0.25) is 0 Å². The summed E-state index contributed by atoms with van der Waals surface area (Å²) in [5, 5.41) is 14.7. The molecule has 1 saturated heterocycles. The number of nitrogens with one attached hydrogen (secondary N) is 1. The van der Waals surface area contributed by atoms with E-state index >= 15 is 0 Å². The van der Waals surface area contributed by atoms with Crippen LogP contribution in [-0.4, -0.2) is 67.4 Å². The fourth-order valence-electron chi connectivity index (χ4n) is 4.13. The molecule has 10 nitrogen and oxygen atoms in total. The predicted octanol–water partition coefficient (Wildman–Crippen LogP) is 4.19. The van der Waals surface area contributed by atoms with E-state index in [1.54, 1.807) is 7.05 Å². The topological polar surface area (TPSA) is 126 Å². The zero-order valence-electron chi connectivity index (χ0n) is 18.8. The monoisotopic (exact) mass is 570 g/mol. The molecular weight excluding hydrogens is 548 g/mol. The molecule has 0 aromatic carbocycles. The van der Waals surface area contributed by atoms with E-state index in [2.05, 4.69) is 36.0 Å². The Morgan fingerprint density at radius 2 is 2.21 bits per heavy atom. The molecular formula is C21H24BrClN6O4S. The van der Waals surface area contributed by atoms with Crippen LogP contribution in [0.2, 0.25) is 5.02 Å². The number of ketones is 1. The molecule has 1 aliphatic heterocycles. The number of aromatic carboxylic acids is 1. The Labute approximate surface area is 213 Å². The number of thiazole rings is 1. The number of anilines is 1. The molecule has 2 N–H and O–H groups in total. The maximum atomic E-state index is 13.0. The number of carboxylic acid groups (broad SMARTS) is 1. The number of piperidine rings is 1. The highest BCUT2D eigenvalue weighted by molar-refractivity contribution is 9.10. The van der Waals surface area contributed by atoms with Crippen LogP contribution in [0.15, 0.2) is 10.8 Å². The lowest BCUT2D eigenvalue weighted by atomic mass is 9.88. The number of rotatable bonds is 8. The van der Waals surface area contributed by atoms with Gasteiger partial charge in [0.05, 0.1) is 15.6 Å². The minimum absolute atomic E-state index is 0.000680. The molecule has 0 unspecified atom stereocenters. The third-order valence-corrected chi connectivity index (χ3v) is 8.56. The van der Waals surface area contributed by atoms with Gasteiger partial charge >= 0.3 is 5.97 Å². The van der Waals surface area contributed by atoms with E-state index < -0.39 is 5.97 Å². The summed E-state index contributed by atoms with van der Waals surface area (Å²) < 4.78 is 8.20. The average molecular weight is 572 g/mol. The molecule has 0 amide bonds. The number of aromatic nitrogens is 5. The number of nitrogens with zero attached hydrogens (tertiary/aromatic N) is 5. The minimum atomic E-state index is -1.06.